The Labute approximate surface area is 183 Å². The van der Waals surface area contributed by atoms with Crippen molar-refractivity contribution >= 4 is 45.0 Å². The quantitative estimate of drug-likeness (QED) is 0.550. The summed E-state index contributed by atoms with van der Waals surface area (Å²) in [5.74, 6) is -0.103. The minimum absolute atomic E-state index is 0.125. The number of hydrogen-bond acceptors (Lipinski definition) is 7. The van der Waals surface area contributed by atoms with E-state index in [0.717, 1.165) is 0 Å². The van der Waals surface area contributed by atoms with E-state index in [1.807, 2.05) is 0 Å². The molecule has 3 aromatic rings. The average molecular weight is 470 g/mol. The number of benzene rings is 2. The van der Waals surface area contributed by atoms with Gasteiger partial charge in [0, 0.05) is 10.6 Å². The zero-order valence-corrected chi connectivity index (χ0v) is 18.3. The highest BCUT2D eigenvalue weighted by molar-refractivity contribution is 7.92. The van der Waals surface area contributed by atoms with Crippen LogP contribution in [0.25, 0.3) is 11.5 Å². The number of sulfone groups is 1. The van der Waals surface area contributed by atoms with E-state index in [1.54, 1.807) is 38.1 Å². The molecule has 1 aromatic heterocycles. The topological polar surface area (TPSA) is 111 Å². The van der Waals surface area contributed by atoms with E-state index >= 15 is 0 Å². The van der Waals surface area contributed by atoms with E-state index in [1.165, 1.54) is 18.2 Å². The van der Waals surface area contributed by atoms with Gasteiger partial charge in [0.15, 0.2) is 16.4 Å². The van der Waals surface area contributed by atoms with Gasteiger partial charge in [-0.3, -0.25) is 10.1 Å². The first-order chi connectivity index (χ1) is 14.2. The molecule has 0 atom stereocenters. The van der Waals surface area contributed by atoms with E-state index in [0.29, 0.717) is 16.3 Å². The van der Waals surface area contributed by atoms with Gasteiger partial charge in [0.05, 0.1) is 15.2 Å². The number of amides is 1. The van der Waals surface area contributed by atoms with Gasteiger partial charge in [-0.05, 0) is 56.3 Å². The molecule has 1 N–H and O–H groups in total. The van der Waals surface area contributed by atoms with E-state index < -0.39 is 21.0 Å². The van der Waals surface area contributed by atoms with Crippen molar-refractivity contribution in [1.29, 1.82) is 0 Å². The average Bonchev–Trinajstić information content (AvgIpc) is 3.15. The molecule has 0 aliphatic carbocycles. The number of hydrogen-bond donors (Lipinski definition) is 1. The van der Waals surface area contributed by atoms with Crippen molar-refractivity contribution in [2.24, 2.45) is 0 Å². The molecule has 0 radical (unpaired) electrons. The maximum absolute atomic E-state index is 12.2. The highest BCUT2D eigenvalue weighted by Gasteiger charge is 2.19. The molecule has 0 bridgehead atoms. The van der Waals surface area contributed by atoms with Crippen LogP contribution in [0.1, 0.15) is 13.8 Å². The van der Waals surface area contributed by atoms with Crippen molar-refractivity contribution in [3.63, 3.8) is 0 Å². The Bertz CT molecular complexity index is 1160. The van der Waals surface area contributed by atoms with Gasteiger partial charge in [0.25, 0.3) is 5.91 Å². The zero-order chi connectivity index (χ0) is 21.9. The fourth-order valence-electron chi connectivity index (χ4n) is 2.34. The van der Waals surface area contributed by atoms with Crippen molar-refractivity contribution in [1.82, 2.24) is 10.2 Å². The molecule has 2 aromatic carbocycles. The second-order valence-corrected chi connectivity index (χ2v) is 9.79. The Morgan fingerprint density at radius 3 is 2.47 bits per heavy atom. The first kappa shape index (κ1) is 22.1. The standard InChI is InChI=1S/C19H17Cl2N3O5S/c1-11(2)30(26,27)14-6-3-12(4-7-14)18-23-24-19(29-18)22-17(25)10-28-16-8-5-13(20)9-15(16)21/h3-9,11H,10H2,1-2H3,(H,22,24,25). The lowest BCUT2D eigenvalue weighted by atomic mass is 10.2. The Hall–Kier alpha value is -2.62. The van der Waals surface area contributed by atoms with Gasteiger partial charge in [0.2, 0.25) is 5.89 Å². The number of carbonyl (C=O) groups is 1. The molecule has 158 valence electrons. The van der Waals surface area contributed by atoms with Crippen LogP contribution in [0, 0.1) is 0 Å². The maximum Gasteiger partial charge on any atom is 0.322 e. The van der Waals surface area contributed by atoms with E-state index in [2.05, 4.69) is 15.5 Å². The lowest BCUT2D eigenvalue weighted by molar-refractivity contribution is -0.118. The number of nitrogens with one attached hydrogen (secondary N) is 1. The summed E-state index contributed by atoms with van der Waals surface area (Å²) in [4.78, 5) is 12.2. The molecular weight excluding hydrogens is 453 g/mol. The Morgan fingerprint density at radius 2 is 1.83 bits per heavy atom. The van der Waals surface area contributed by atoms with Crippen molar-refractivity contribution in [2.45, 2.75) is 24.0 Å². The molecule has 11 heteroatoms. The molecule has 0 unspecified atom stereocenters. The molecule has 0 saturated carbocycles. The van der Waals surface area contributed by atoms with Crippen molar-refractivity contribution in [2.75, 3.05) is 11.9 Å². The molecule has 1 amide bonds. The first-order valence-corrected chi connectivity index (χ1v) is 11.0. The number of nitrogens with zero attached hydrogens (tertiary/aromatic N) is 2. The molecule has 3 rings (SSSR count). The highest BCUT2D eigenvalue weighted by Crippen LogP contribution is 2.27. The van der Waals surface area contributed by atoms with Crippen LogP contribution >= 0.6 is 23.2 Å². The smallest absolute Gasteiger partial charge is 0.322 e. The second kappa shape index (κ2) is 9.03. The highest BCUT2D eigenvalue weighted by atomic mass is 35.5. The number of rotatable bonds is 7. The molecule has 0 spiro atoms. The van der Waals surface area contributed by atoms with Crippen molar-refractivity contribution < 1.29 is 22.4 Å². The summed E-state index contributed by atoms with van der Waals surface area (Å²) >= 11 is 11.8. The summed E-state index contributed by atoms with van der Waals surface area (Å²) in [6.45, 7) is 2.89. The maximum atomic E-state index is 12.2. The SMILES string of the molecule is CC(C)S(=O)(=O)c1ccc(-c2nnc(NC(=O)COc3ccc(Cl)cc3Cl)o2)cc1. The minimum atomic E-state index is -3.38. The fourth-order valence-corrected chi connectivity index (χ4v) is 3.86. The van der Waals surface area contributed by atoms with Crippen molar-refractivity contribution in [3.8, 4) is 17.2 Å². The number of ether oxygens (including phenoxy) is 1. The third-order valence-corrected chi connectivity index (χ3v) is 6.68. The number of aromatic nitrogens is 2. The number of carbonyl (C=O) groups excluding carboxylic acids is 1. The lowest BCUT2D eigenvalue weighted by Gasteiger charge is -2.07. The molecular formula is C19H17Cl2N3O5S. The normalized spacial score (nSPS) is 11.5. The Morgan fingerprint density at radius 1 is 1.13 bits per heavy atom. The van der Waals surface area contributed by atoms with Crippen LogP contribution in [-0.4, -0.2) is 36.4 Å². The monoisotopic (exact) mass is 469 g/mol. The fraction of sp³-hybridized carbons (Fsp3) is 0.211. The van der Waals surface area contributed by atoms with Crippen LogP contribution in [0.5, 0.6) is 5.75 Å². The van der Waals surface area contributed by atoms with Crippen molar-refractivity contribution in [3.05, 3.63) is 52.5 Å². The Balaban J connectivity index is 1.62. The van der Waals surface area contributed by atoms with Gasteiger partial charge >= 0.3 is 6.01 Å². The van der Waals surface area contributed by atoms with Gasteiger partial charge in [-0.1, -0.05) is 28.3 Å². The molecule has 0 aliphatic heterocycles. The summed E-state index contributed by atoms with van der Waals surface area (Å²) in [6, 6.07) is 10.6. The summed E-state index contributed by atoms with van der Waals surface area (Å²) in [7, 11) is -3.38. The molecule has 1 heterocycles. The summed E-state index contributed by atoms with van der Waals surface area (Å²) in [5, 5.41) is 10.2. The summed E-state index contributed by atoms with van der Waals surface area (Å²) in [6.07, 6.45) is 0. The van der Waals surface area contributed by atoms with Crippen LogP contribution < -0.4 is 10.1 Å². The molecule has 8 nitrogen and oxygen atoms in total. The number of anilines is 1. The van der Waals surface area contributed by atoms with Crippen LogP contribution in [0.4, 0.5) is 6.01 Å². The van der Waals surface area contributed by atoms with Crippen LogP contribution in [0.3, 0.4) is 0 Å². The molecule has 0 aliphatic rings. The second-order valence-electron chi connectivity index (χ2n) is 6.44. The largest absolute Gasteiger partial charge is 0.482 e. The van der Waals surface area contributed by atoms with E-state index in [-0.39, 0.29) is 28.4 Å². The first-order valence-electron chi connectivity index (χ1n) is 8.72. The van der Waals surface area contributed by atoms with E-state index in [4.69, 9.17) is 32.4 Å². The minimum Gasteiger partial charge on any atom is -0.482 e. The van der Waals surface area contributed by atoms with E-state index in [9.17, 15) is 13.2 Å². The molecule has 0 fully saturated rings. The molecule has 0 saturated heterocycles. The van der Waals surface area contributed by atoms with Gasteiger partial charge < -0.3 is 9.15 Å². The summed E-state index contributed by atoms with van der Waals surface area (Å²) in [5.41, 5.74) is 0.509. The third-order valence-electron chi connectivity index (χ3n) is 3.97. The zero-order valence-electron chi connectivity index (χ0n) is 15.9. The van der Waals surface area contributed by atoms with Gasteiger partial charge in [-0.15, -0.1) is 5.10 Å². The predicted octanol–water partition coefficient (Wildman–Crippen LogP) is 4.24. The van der Waals surface area contributed by atoms with Gasteiger partial charge in [0.1, 0.15) is 5.75 Å². The van der Waals surface area contributed by atoms with Gasteiger partial charge in [-0.2, -0.15) is 0 Å². The molecule has 30 heavy (non-hydrogen) atoms. The summed E-state index contributed by atoms with van der Waals surface area (Å²) < 4.78 is 35.1. The third kappa shape index (κ3) is 5.10. The predicted molar refractivity (Wildman–Crippen MR) is 113 cm³/mol. The Kier molecular flexibility index (Phi) is 6.64. The van der Waals surface area contributed by atoms with Crippen LogP contribution in [0.15, 0.2) is 51.8 Å². The lowest BCUT2D eigenvalue weighted by Crippen LogP contribution is -2.20. The number of halogens is 2. The van der Waals surface area contributed by atoms with Gasteiger partial charge in [-0.25, -0.2) is 8.42 Å². The van der Waals surface area contributed by atoms with Crippen LogP contribution in [0.2, 0.25) is 10.0 Å². The van der Waals surface area contributed by atoms with Crippen LogP contribution in [-0.2, 0) is 14.6 Å².